The molecule has 0 saturated heterocycles. The Morgan fingerprint density at radius 2 is 2.03 bits per heavy atom. The van der Waals surface area contributed by atoms with Crippen molar-refractivity contribution in [3.63, 3.8) is 0 Å². The molecule has 1 heterocycles. The first-order valence-corrected chi connectivity index (χ1v) is 11.6. The molecule has 2 aromatic carbocycles. The summed E-state index contributed by atoms with van der Waals surface area (Å²) in [5, 5.41) is 16.0. The highest BCUT2D eigenvalue weighted by Crippen LogP contribution is 2.35. The molecule has 1 aromatic heterocycles. The Bertz CT molecular complexity index is 1070. The second kappa shape index (κ2) is 11.0. The molecule has 1 atom stereocenters. The van der Waals surface area contributed by atoms with E-state index < -0.39 is 6.10 Å². The number of aryl methyl sites for hydroxylation is 1. The van der Waals surface area contributed by atoms with Crippen LogP contribution in [-0.2, 0) is 11.3 Å². The van der Waals surface area contributed by atoms with Gasteiger partial charge in [-0.15, -0.1) is 6.58 Å². The predicted octanol–water partition coefficient (Wildman–Crippen LogP) is 5.15. The molecule has 6 nitrogen and oxygen atoms in total. The number of aliphatic hydroxyl groups excluding tert-OH is 1. The first-order valence-electron chi connectivity index (χ1n) is 11.2. The van der Waals surface area contributed by atoms with E-state index in [1.165, 1.54) is 0 Å². The van der Waals surface area contributed by atoms with Gasteiger partial charge in [-0.1, -0.05) is 41.9 Å². The first-order chi connectivity index (χ1) is 16.0. The van der Waals surface area contributed by atoms with Crippen LogP contribution in [0.15, 0.2) is 67.3 Å². The summed E-state index contributed by atoms with van der Waals surface area (Å²) in [6, 6.07) is 17.7. The average molecular weight is 468 g/mol. The lowest BCUT2D eigenvalue weighted by atomic mass is 10.2. The summed E-state index contributed by atoms with van der Waals surface area (Å²) in [6.45, 7) is 7.50. The highest BCUT2D eigenvalue weighted by atomic mass is 35.5. The molecule has 0 bridgehead atoms. The number of halogens is 1. The summed E-state index contributed by atoms with van der Waals surface area (Å²) in [6.07, 6.45) is 3.35. The van der Waals surface area contributed by atoms with E-state index in [4.69, 9.17) is 26.2 Å². The fraction of sp³-hybridized carbons (Fsp3) is 0.346. The lowest BCUT2D eigenvalue weighted by Gasteiger charge is -2.25. The monoisotopic (exact) mass is 467 g/mol. The van der Waals surface area contributed by atoms with Crippen LogP contribution in [0.5, 0.6) is 11.6 Å². The molecule has 0 unspecified atom stereocenters. The maximum absolute atomic E-state index is 10.5. The Morgan fingerprint density at radius 3 is 2.73 bits per heavy atom. The van der Waals surface area contributed by atoms with Crippen LogP contribution in [-0.4, -0.2) is 51.7 Å². The minimum absolute atomic E-state index is 0.281. The lowest BCUT2D eigenvalue weighted by molar-refractivity contribution is 0.0226. The molecule has 1 aliphatic carbocycles. The first kappa shape index (κ1) is 23.5. The number of aliphatic hydroxyl groups is 1. The van der Waals surface area contributed by atoms with Crippen LogP contribution in [0.1, 0.15) is 24.1 Å². The molecule has 1 saturated carbocycles. The van der Waals surface area contributed by atoms with Crippen molar-refractivity contribution < 1.29 is 14.6 Å². The van der Waals surface area contributed by atoms with Crippen molar-refractivity contribution in [3.8, 4) is 17.3 Å². The van der Waals surface area contributed by atoms with E-state index in [0.29, 0.717) is 36.6 Å². The average Bonchev–Trinajstić information content (AvgIpc) is 3.61. The smallest absolute Gasteiger partial charge is 0.227 e. The molecule has 3 aromatic rings. The molecule has 0 aliphatic heterocycles. The minimum atomic E-state index is -0.577. The maximum atomic E-state index is 10.5. The molecular formula is C26H30ClN3O3. The number of nitrogens with zero attached hydrogens (tertiary/aromatic N) is 3. The summed E-state index contributed by atoms with van der Waals surface area (Å²) in [4.78, 5) is 2.30. The lowest BCUT2D eigenvalue weighted by Crippen LogP contribution is -2.36. The highest BCUT2D eigenvalue weighted by molar-refractivity contribution is 6.30. The number of ether oxygens (including phenoxy) is 2. The molecule has 174 valence electrons. The molecule has 0 radical (unpaired) electrons. The van der Waals surface area contributed by atoms with E-state index in [2.05, 4.69) is 11.5 Å². The third kappa shape index (κ3) is 6.24. The molecule has 0 amide bonds. The van der Waals surface area contributed by atoms with Crippen molar-refractivity contribution in [3.05, 3.63) is 83.5 Å². The predicted molar refractivity (Wildman–Crippen MR) is 130 cm³/mol. The van der Waals surface area contributed by atoms with Gasteiger partial charge in [0, 0.05) is 24.2 Å². The fourth-order valence-corrected chi connectivity index (χ4v) is 3.99. The zero-order chi connectivity index (χ0) is 23.2. The van der Waals surface area contributed by atoms with Crippen LogP contribution in [0.2, 0.25) is 5.02 Å². The third-order valence-corrected chi connectivity index (χ3v) is 5.80. The summed E-state index contributed by atoms with van der Waals surface area (Å²) in [7, 11) is 0. The third-order valence-electron chi connectivity index (χ3n) is 5.56. The quantitative estimate of drug-likeness (QED) is 0.294. The Morgan fingerprint density at radius 1 is 1.24 bits per heavy atom. The summed E-state index contributed by atoms with van der Waals surface area (Å²) in [5.41, 5.74) is 2.70. The molecule has 1 aliphatic rings. The van der Waals surface area contributed by atoms with Gasteiger partial charge < -0.3 is 14.6 Å². The van der Waals surface area contributed by atoms with Gasteiger partial charge in [0.1, 0.15) is 5.75 Å². The van der Waals surface area contributed by atoms with E-state index in [9.17, 15) is 5.11 Å². The molecule has 33 heavy (non-hydrogen) atoms. The highest BCUT2D eigenvalue weighted by Gasteiger charge is 2.32. The molecule has 1 N–H and O–H groups in total. The van der Waals surface area contributed by atoms with E-state index in [-0.39, 0.29) is 6.61 Å². The van der Waals surface area contributed by atoms with Gasteiger partial charge in [-0.2, -0.15) is 5.10 Å². The fourth-order valence-electron chi connectivity index (χ4n) is 3.80. The maximum Gasteiger partial charge on any atom is 0.227 e. The second-order valence-electron chi connectivity index (χ2n) is 8.32. The Balaban J connectivity index is 1.64. The van der Waals surface area contributed by atoms with Crippen LogP contribution in [0.4, 0.5) is 0 Å². The van der Waals surface area contributed by atoms with Gasteiger partial charge in [0.25, 0.3) is 0 Å². The van der Waals surface area contributed by atoms with E-state index in [1.807, 2.05) is 61.5 Å². The summed E-state index contributed by atoms with van der Waals surface area (Å²) in [5.74, 6) is 1.39. The van der Waals surface area contributed by atoms with Crippen LogP contribution in [0, 0.1) is 6.92 Å². The van der Waals surface area contributed by atoms with Gasteiger partial charge in [-0.25, -0.2) is 4.68 Å². The van der Waals surface area contributed by atoms with Crippen molar-refractivity contribution in [2.45, 2.75) is 38.5 Å². The van der Waals surface area contributed by atoms with Gasteiger partial charge in [-0.05, 0) is 50.1 Å². The van der Waals surface area contributed by atoms with Gasteiger partial charge >= 0.3 is 0 Å². The zero-order valence-corrected chi connectivity index (χ0v) is 19.6. The topological polar surface area (TPSA) is 59.8 Å². The van der Waals surface area contributed by atoms with Crippen molar-refractivity contribution in [2.75, 3.05) is 19.8 Å². The van der Waals surface area contributed by atoms with Gasteiger partial charge in [0.05, 0.1) is 36.3 Å². The SMILES string of the molecule is C=CCOC[C@H](O)CN(Cc1c(C)nn(-c2cccc(Cl)c2)c1Oc1ccccc1)C1CC1. The number of hydrogen-bond acceptors (Lipinski definition) is 5. The largest absolute Gasteiger partial charge is 0.439 e. The van der Waals surface area contributed by atoms with E-state index in [0.717, 1.165) is 35.5 Å². The van der Waals surface area contributed by atoms with Crippen LogP contribution in [0.25, 0.3) is 5.69 Å². The van der Waals surface area contributed by atoms with Gasteiger partial charge in [0.2, 0.25) is 5.88 Å². The van der Waals surface area contributed by atoms with Gasteiger partial charge in [0.15, 0.2) is 0 Å². The van der Waals surface area contributed by atoms with Crippen LogP contribution < -0.4 is 4.74 Å². The van der Waals surface area contributed by atoms with Crippen molar-refractivity contribution in [1.82, 2.24) is 14.7 Å². The Kier molecular flexibility index (Phi) is 7.83. The summed E-state index contributed by atoms with van der Waals surface area (Å²) < 4.78 is 13.6. The molecule has 7 heteroatoms. The normalized spacial score (nSPS) is 14.4. The van der Waals surface area contributed by atoms with E-state index in [1.54, 1.807) is 10.8 Å². The standard InChI is InChI=1S/C26H30ClN3O3/c1-3-14-32-18-23(31)16-29(21-12-13-21)17-25-19(2)28-30(22-9-7-8-20(27)15-22)26(25)33-24-10-5-4-6-11-24/h3-11,15,21,23,31H,1,12-14,16-18H2,2H3/t23-/m1/s1. The van der Waals surface area contributed by atoms with Gasteiger partial charge in [-0.3, -0.25) is 4.90 Å². The van der Waals surface area contributed by atoms with Crippen LogP contribution >= 0.6 is 11.6 Å². The minimum Gasteiger partial charge on any atom is -0.439 e. The Labute approximate surface area is 200 Å². The Hall–Kier alpha value is -2.64. The van der Waals surface area contributed by atoms with E-state index >= 15 is 0 Å². The second-order valence-corrected chi connectivity index (χ2v) is 8.75. The molecule has 4 rings (SSSR count). The number of hydrogen-bond donors (Lipinski definition) is 1. The molecule has 1 fully saturated rings. The van der Waals surface area contributed by atoms with Crippen molar-refractivity contribution >= 4 is 11.6 Å². The van der Waals surface area contributed by atoms with Crippen molar-refractivity contribution in [1.29, 1.82) is 0 Å². The number of benzene rings is 2. The number of para-hydroxylation sites is 1. The number of aromatic nitrogens is 2. The van der Waals surface area contributed by atoms with Crippen molar-refractivity contribution in [2.24, 2.45) is 0 Å². The molecule has 0 spiro atoms. The number of rotatable bonds is 12. The summed E-state index contributed by atoms with van der Waals surface area (Å²) >= 11 is 6.26. The van der Waals surface area contributed by atoms with Crippen LogP contribution in [0.3, 0.4) is 0 Å². The molecular weight excluding hydrogens is 438 g/mol. The zero-order valence-electron chi connectivity index (χ0n) is 18.9.